The van der Waals surface area contributed by atoms with Crippen molar-refractivity contribution in [3.05, 3.63) is 66.2 Å². The van der Waals surface area contributed by atoms with Crippen LogP contribution in [0.3, 0.4) is 0 Å². The van der Waals surface area contributed by atoms with Crippen LogP contribution in [0.4, 0.5) is 0 Å². The monoisotopic (exact) mass is 389 g/mol. The molecule has 2 heterocycles. The molecule has 1 saturated carbocycles. The van der Waals surface area contributed by atoms with Crippen LogP contribution >= 0.6 is 0 Å². The Balaban J connectivity index is 1.50. The molecule has 1 amide bonds. The average molecular weight is 390 g/mol. The van der Waals surface area contributed by atoms with Crippen LogP contribution < -0.4 is 5.32 Å². The van der Waals surface area contributed by atoms with E-state index in [0.717, 1.165) is 24.0 Å². The van der Waals surface area contributed by atoms with Crippen LogP contribution in [0.1, 0.15) is 62.4 Å². The van der Waals surface area contributed by atoms with E-state index in [-0.39, 0.29) is 17.9 Å². The van der Waals surface area contributed by atoms with Gasteiger partial charge in [-0.3, -0.25) is 14.9 Å². The largest absolute Gasteiger partial charge is 0.346 e. The van der Waals surface area contributed by atoms with Crippen LogP contribution in [0.25, 0.3) is 11.4 Å². The minimum Gasteiger partial charge on any atom is -0.346 e. The molecule has 6 nitrogen and oxygen atoms in total. The van der Waals surface area contributed by atoms with E-state index < -0.39 is 0 Å². The van der Waals surface area contributed by atoms with Gasteiger partial charge in [0.1, 0.15) is 5.82 Å². The second kappa shape index (κ2) is 8.99. The predicted octanol–water partition coefficient (Wildman–Crippen LogP) is 4.41. The summed E-state index contributed by atoms with van der Waals surface area (Å²) >= 11 is 0. The second-order valence-corrected chi connectivity index (χ2v) is 7.80. The highest BCUT2D eigenvalue weighted by Gasteiger charge is 2.32. The number of carbonyl (C=O) groups excluding carboxylic acids is 1. The third-order valence-corrected chi connectivity index (χ3v) is 5.75. The van der Waals surface area contributed by atoms with Gasteiger partial charge in [0.25, 0.3) is 0 Å². The lowest BCUT2D eigenvalue weighted by Crippen LogP contribution is -2.36. The molecule has 1 aliphatic carbocycles. The summed E-state index contributed by atoms with van der Waals surface area (Å²) in [4.78, 5) is 22.0. The number of hydrogen-bond acceptors (Lipinski definition) is 4. The van der Waals surface area contributed by atoms with Crippen molar-refractivity contribution < 1.29 is 4.79 Å². The Labute approximate surface area is 171 Å². The Morgan fingerprint density at radius 1 is 1.10 bits per heavy atom. The van der Waals surface area contributed by atoms with Crippen molar-refractivity contribution in [2.24, 2.45) is 5.92 Å². The molecular weight excluding hydrogens is 362 g/mol. The number of hydrogen-bond donors (Lipinski definition) is 2. The molecule has 0 saturated heterocycles. The van der Waals surface area contributed by atoms with E-state index in [0.29, 0.717) is 17.6 Å². The van der Waals surface area contributed by atoms with E-state index in [1.54, 1.807) is 12.4 Å². The van der Waals surface area contributed by atoms with Crippen LogP contribution in [0.5, 0.6) is 0 Å². The zero-order valence-electron chi connectivity index (χ0n) is 16.7. The van der Waals surface area contributed by atoms with E-state index in [9.17, 15) is 4.79 Å². The first-order valence-corrected chi connectivity index (χ1v) is 10.4. The lowest BCUT2D eigenvalue weighted by Gasteiger charge is -2.30. The smallest absolute Gasteiger partial charge is 0.228 e. The zero-order chi connectivity index (χ0) is 20.1. The quantitative estimate of drug-likeness (QED) is 0.654. The van der Waals surface area contributed by atoms with E-state index in [1.165, 1.54) is 19.3 Å². The maximum absolute atomic E-state index is 13.3. The molecule has 0 radical (unpaired) electrons. The van der Waals surface area contributed by atoms with Crippen LogP contribution in [0.2, 0.25) is 0 Å². The molecule has 2 N–H and O–H groups in total. The van der Waals surface area contributed by atoms with Crippen LogP contribution in [-0.2, 0) is 4.79 Å². The van der Waals surface area contributed by atoms with Crippen molar-refractivity contribution in [1.29, 1.82) is 0 Å². The summed E-state index contributed by atoms with van der Waals surface area (Å²) < 4.78 is 0. The SMILES string of the molecule is C[C@@H](NC(=O)[C@@H](c1ccccc1)C1CCCCC1)c1nc(-c2cccnc2)n[nH]1. The summed E-state index contributed by atoms with van der Waals surface area (Å²) in [5.74, 6) is 1.56. The van der Waals surface area contributed by atoms with Gasteiger partial charge in [0.2, 0.25) is 5.91 Å². The molecular formula is C23H27N5O. The van der Waals surface area contributed by atoms with Gasteiger partial charge in [-0.2, -0.15) is 5.10 Å². The van der Waals surface area contributed by atoms with Crippen molar-refractivity contribution in [2.75, 3.05) is 0 Å². The van der Waals surface area contributed by atoms with Crippen molar-refractivity contribution in [1.82, 2.24) is 25.5 Å². The number of carbonyl (C=O) groups is 1. The Morgan fingerprint density at radius 2 is 1.90 bits per heavy atom. The molecule has 2 atom stereocenters. The normalized spacial score (nSPS) is 16.9. The standard InChI is InChI=1S/C23H27N5O/c1-16(21-26-22(28-27-21)19-13-8-14-24-15-19)25-23(29)20(17-9-4-2-5-10-17)18-11-6-3-7-12-18/h2,4-5,8-10,13-16,18,20H,3,6-7,11-12H2,1H3,(H,25,29)(H,26,27,28)/t16-,20+/m1/s1. The van der Waals surface area contributed by atoms with Crippen LogP contribution in [0, 0.1) is 5.92 Å². The van der Waals surface area contributed by atoms with Gasteiger partial charge in [-0.15, -0.1) is 0 Å². The van der Waals surface area contributed by atoms with Gasteiger partial charge in [-0.25, -0.2) is 4.98 Å². The lowest BCUT2D eigenvalue weighted by atomic mass is 9.76. The molecule has 1 fully saturated rings. The fourth-order valence-corrected chi connectivity index (χ4v) is 4.23. The number of nitrogens with zero attached hydrogens (tertiary/aromatic N) is 3. The van der Waals surface area contributed by atoms with E-state index in [1.807, 2.05) is 37.3 Å². The van der Waals surface area contributed by atoms with E-state index >= 15 is 0 Å². The molecule has 0 aliphatic heterocycles. The molecule has 150 valence electrons. The third-order valence-electron chi connectivity index (χ3n) is 5.75. The van der Waals surface area contributed by atoms with Gasteiger partial charge in [0, 0.05) is 18.0 Å². The summed E-state index contributed by atoms with van der Waals surface area (Å²) in [6.45, 7) is 1.94. The average Bonchev–Trinajstić information content (AvgIpc) is 3.27. The number of aromatic amines is 1. The number of aromatic nitrogens is 4. The number of H-pyrrole nitrogens is 1. The molecule has 4 rings (SSSR count). The van der Waals surface area contributed by atoms with Gasteiger partial charge in [0.15, 0.2) is 5.82 Å². The molecule has 0 spiro atoms. The minimum atomic E-state index is -0.254. The Hall–Kier alpha value is -3.02. The maximum Gasteiger partial charge on any atom is 0.228 e. The van der Waals surface area contributed by atoms with Crippen molar-refractivity contribution in [2.45, 2.75) is 51.0 Å². The number of pyridine rings is 1. The van der Waals surface area contributed by atoms with Crippen LogP contribution in [-0.4, -0.2) is 26.1 Å². The first kappa shape index (κ1) is 19.3. The second-order valence-electron chi connectivity index (χ2n) is 7.80. The summed E-state index contributed by atoms with van der Waals surface area (Å²) in [5, 5.41) is 10.4. The van der Waals surface area contributed by atoms with Gasteiger partial charge >= 0.3 is 0 Å². The molecule has 2 aromatic heterocycles. The summed E-state index contributed by atoms with van der Waals surface area (Å²) in [7, 11) is 0. The molecule has 29 heavy (non-hydrogen) atoms. The Bertz CT molecular complexity index is 919. The molecule has 1 aliphatic rings. The number of benzene rings is 1. The summed E-state index contributed by atoms with van der Waals surface area (Å²) in [5.41, 5.74) is 1.94. The highest BCUT2D eigenvalue weighted by atomic mass is 16.2. The first-order chi connectivity index (χ1) is 14.2. The van der Waals surface area contributed by atoms with E-state index in [2.05, 4.69) is 37.6 Å². The predicted molar refractivity (Wildman–Crippen MR) is 112 cm³/mol. The Morgan fingerprint density at radius 3 is 2.62 bits per heavy atom. The number of nitrogens with one attached hydrogen (secondary N) is 2. The van der Waals surface area contributed by atoms with Crippen molar-refractivity contribution in [3.8, 4) is 11.4 Å². The topological polar surface area (TPSA) is 83.6 Å². The minimum absolute atomic E-state index is 0.0647. The summed E-state index contributed by atoms with van der Waals surface area (Å²) in [6.07, 6.45) is 9.33. The highest BCUT2D eigenvalue weighted by Crippen LogP contribution is 2.36. The molecule has 3 aromatic rings. The molecule has 0 unspecified atom stereocenters. The highest BCUT2D eigenvalue weighted by molar-refractivity contribution is 5.84. The van der Waals surface area contributed by atoms with Gasteiger partial charge in [-0.05, 0) is 43.4 Å². The van der Waals surface area contributed by atoms with Crippen molar-refractivity contribution in [3.63, 3.8) is 0 Å². The zero-order valence-corrected chi connectivity index (χ0v) is 16.7. The van der Waals surface area contributed by atoms with Gasteiger partial charge in [-0.1, -0.05) is 49.6 Å². The van der Waals surface area contributed by atoms with Crippen molar-refractivity contribution >= 4 is 5.91 Å². The fourth-order valence-electron chi connectivity index (χ4n) is 4.23. The summed E-state index contributed by atoms with van der Waals surface area (Å²) in [6, 6.07) is 13.7. The maximum atomic E-state index is 13.3. The number of amides is 1. The molecule has 1 aromatic carbocycles. The third kappa shape index (κ3) is 4.53. The lowest BCUT2D eigenvalue weighted by molar-refractivity contribution is -0.124. The van der Waals surface area contributed by atoms with Gasteiger partial charge in [0.05, 0.1) is 12.0 Å². The van der Waals surface area contributed by atoms with Gasteiger partial charge < -0.3 is 5.32 Å². The Kier molecular flexibility index (Phi) is 5.98. The first-order valence-electron chi connectivity index (χ1n) is 10.4. The number of rotatable bonds is 6. The van der Waals surface area contributed by atoms with Crippen LogP contribution in [0.15, 0.2) is 54.9 Å². The molecule has 6 heteroatoms. The molecule has 0 bridgehead atoms. The fraction of sp³-hybridized carbons (Fsp3) is 0.391. The van der Waals surface area contributed by atoms with E-state index in [4.69, 9.17) is 0 Å².